The maximum atomic E-state index is 13.0. The molecule has 4 rings (SSSR count). The number of hydrogen-bond donors (Lipinski definition) is 0. The van der Waals surface area contributed by atoms with Gasteiger partial charge >= 0.3 is 0 Å². The molecule has 0 fully saturated rings. The molecule has 0 spiro atoms. The van der Waals surface area contributed by atoms with Gasteiger partial charge in [0.25, 0.3) is 0 Å². The fraction of sp³-hybridized carbons (Fsp3) is 0. The maximum absolute atomic E-state index is 13.0. The Balaban J connectivity index is 1.63. The van der Waals surface area contributed by atoms with Crippen LogP contribution in [0.1, 0.15) is 0 Å². The summed E-state index contributed by atoms with van der Waals surface area (Å²) >= 11 is 9.01. The number of halogens is 2. The topological polar surface area (TPSA) is 25.8 Å². The first kappa shape index (κ1) is 15.4. The van der Waals surface area contributed by atoms with Crippen molar-refractivity contribution in [3.8, 4) is 32.5 Å². The quantitative estimate of drug-likeness (QED) is 0.416. The lowest BCUT2D eigenvalue weighted by molar-refractivity contribution is 0.628. The number of nitrogens with zero attached hydrogens (tertiary/aromatic N) is 2. The zero-order valence-corrected chi connectivity index (χ0v) is 14.6. The lowest BCUT2D eigenvalue weighted by Gasteiger charge is -1.96. The number of aromatic nitrogens is 2. The third-order valence-electron chi connectivity index (χ3n) is 3.47. The molecule has 0 aliphatic carbocycles. The van der Waals surface area contributed by atoms with Crippen LogP contribution in [0.2, 0.25) is 5.02 Å². The molecular formula is C18H10ClFN2S2. The van der Waals surface area contributed by atoms with Crippen LogP contribution in [-0.2, 0) is 0 Å². The van der Waals surface area contributed by atoms with Crippen molar-refractivity contribution < 1.29 is 4.39 Å². The fourth-order valence-corrected chi connectivity index (χ4v) is 4.08. The summed E-state index contributed by atoms with van der Waals surface area (Å²) in [6.45, 7) is 0. The van der Waals surface area contributed by atoms with Crippen LogP contribution in [0, 0.1) is 5.82 Å². The summed E-state index contributed by atoms with van der Waals surface area (Å²) in [6.07, 6.45) is 0. The predicted molar refractivity (Wildman–Crippen MR) is 99.1 cm³/mol. The van der Waals surface area contributed by atoms with E-state index in [1.807, 2.05) is 35.0 Å². The van der Waals surface area contributed by atoms with Crippen molar-refractivity contribution in [3.05, 3.63) is 70.1 Å². The number of rotatable bonds is 3. The highest BCUT2D eigenvalue weighted by atomic mass is 35.5. The van der Waals surface area contributed by atoms with E-state index in [0.717, 1.165) is 32.5 Å². The number of thiazole rings is 2. The van der Waals surface area contributed by atoms with E-state index in [2.05, 4.69) is 9.97 Å². The van der Waals surface area contributed by atoms with E-state index in [1.54, 1.807) is 23.5 Å². The zero-order chi connectivity index (χ0) is 16.5. The van der Waals surface area contributed by atoms with Crippen molar-refractivity contribution in [3.63, 3.8) is 0 Å². The summed E-state index contributed by atoms with van der Waals surface area (Å²) in [5.74, 6) is -0.248. The zero-order valence-electron chi connectivity index (χ0n) is 12.2. The second-order valence-electron chi connectivity index (χ2n) is 5.09. The molecule has 118 valence electrons. The molecular weight excluding hydrogens is 363 g/mol. The van der Waals surface area contributed by atoms with Gasteiger partial charge in [0.2, 0.25) is 0 Å². The molecule has 0 N–H and O–H groups in total. The molecule has 0 saturated heterocycles. The molecule has 2 heterocycles. The van der Waals surface area contributed by atoms with Gasteiger partial charge in [0.05, 0.1) is 11.4 Å². The standard InChI is InChI=1S/C18H10ClFN2S2/c19-13-5-1-11(2-6-13)15-9-23-17(21-15)18-22-16(10-24-18)12-3-7-14(20)8-4-12/h1-10H. The molecule has 0 aliphatic heterocycles. The van der Waals surface area contributed by atoms with E-state index < -0.39 is 0 Å². The van der Waals surface area contributed by atoms with Crippen molar-refractivity contribution in [2.75, 3.05) is 0 Å². The summed E-state index contributed by atoms with van der Waals surface area (Å²) in [5.41, 5.74) is 3.66. The van der Waals surface area contributed by atoms with E-state index in [1.165, 1.54) is 23.5 Å². The van der Waals surface area contributed by atoms with Crippen molar-refractivity contribution in [2.24, 2.45) is 0 Å². The summed E-state index contributed by atoms with van der Waals surface area (Å²) in [6, 6.07) is 14.0. The van der Waals surface area contributed by atoms with Crippen LogP contribution < -0.4 is 0 Å². The molecule has 2 aromatic heterocycles. The molecule has 0 atom stereocenters. The number of benzene rings is 2. The van der Waals surface area contributed by atoms with Crippen LogP contribution >= 0.6 is 34.3 Å². The second-order valence-corrected chi connectivity index (χ2v) is 7.24. The largest absolute Gasteiger partial charge is 0.233 e. The first-order chi connectivity index (χ1) is 11.7. The van der Waals surface area contributed by atoms with Gasteiger partial charge in [-0.25, -0.2) is 14.4 Å². The Labute approximate surface area is 151 Å². The molecule has 0 unspecified atom stereocenters. The monoisotopic (exact) mass is 372 g/mol. The van der Waals surface area contributed by atoms with Gasteiger partial charge in [-0.2, -0.15) is 0 Å². The van der Waals surface area contributed by atoms with Crippen molar-refractivity contribution >= 4 is 34.3 Å². The first-order valence-corrected chi connectivity index (χ1v) is 9.26. The molecule has 0 aliphatic rings. The van der Waals surface area contributed by atoms with Gasteiger partial charge in [0.1, 0.15) is 5.82 Å². The Morgan fingerprint density at radius 2 is 1.17 bits per heavy atom. The summed E-state index contributed by atoms with van der Waals surface area (Å²) < 4.78 is 13.0. The average Bonchev–Trinajstić information content (AvgIpc) is 3.25. The summed E-state index contributed by atoms with van der Waals surface area (Å²) in [5, 5.41) is 6.42. The molecule has 0 amide bonds. The van der Waals surface area contributed by atoms with Crippen LogP contribution in [0.5, 0.6) is 0 Å². The maximum Gasteiger partial charge on any atom is 0.152 e. The van der Waals surface area contributed by atoms with Crippen molar-refractivity contribution in [2.45, 2.75) is 0 Å². The highest BCUT2D eigenvalue weighted by molar-refractivity contribution is 7.20. The Kier molecular flexibility index (Phi) is 4.14. The molecule has 4 aromatic rings. The highest BCUT2D eigenvalue weighted by Crippen LogP contribution is 2.33. The van der Waals surface area contributed by atoms with Crippen LogP contribution in [0.15, 0.2) is 59.3 Å². The third kappa shape index (κ3) is 3.11. The minimum atomic E-state index is -0.248. The van der Waals surface area contributed by atoms with E-state index in [4.69, 9.17) is 11.6 Å². The molecule has 6 heteroatoms. The van der Waals surface area contributed by atoms with Gasteiger partial charge in [-0.1, -0.05) is 23.7 Å². The smallest absolute Gasteiger partial charge is 0.152 e. The van der Waals surface area contributed by atoms with Gasteiger partial charge < -0.3 is 0 Å². The minimum absolute atomic E-state index is 0.248. The molecule has 2 aromatic carbocycles. The van der Waals surface area contributed by atoms with Crippen LogP contribution in [0.3, 0.4) is 0 Å². The van der Waals surface area contributed by atoms with E-state index in [0.29, 0.717) is 5.02 Å². The SMILES string of the molecule is Fc1ccc(-c2csc(-c3nc(-c4ccc(Cl)cc4)cs3)n2)cc1. The lowest BCUT2D eigenvalue weighted by Crippen LogP contribution is -1.81. The Morgan fingerprint density at radius 1 is 0.708 bits per heavy atom. The number of hydrogen-bond acceptors (Lipinski definition) is 4. The molecule has 0 radical (unpaired) electrons. The molecule has 24 heavy (non-hydrogen) atoms. The predicted octanol–water partition coefficient (Wildman–Crippen LogP) is 6.39. The van der Waals surface area contributed by atoms with Crippen molar-refractivity contribution in [1.29, 1.82) is 0 Å². The molecule has 0 saturated carbocycles. The lowest BCUT2D eigenvalue weighted by atomic mass is 10.2. The van der Waals surface area contributed by atoms with Gasteiger partial charge in [0, 0.05) is 26.9 Å². The highest BCUT2D eigenvalue weighted by Gasteiger charge is 2.11. The second kappa shape index (κ2) is 6.43. The van der Waals surface area contributed by atoms with E-state index in [-0.39, 0.29) is 5.82 Å². The Morgan fingerprint density at radius 3 is 1.67 bits per heavy atom. The van der Waals surface area contributed by atoms with E-state index in [9.17, 15) is 4.39 Å². The molecule has 0 bridgehead atoms. The molecule has 2 nitrogen and oxygen atoms in total. The van der Waals surface area contributed by atoms with Crippen molar-refractivity contribution in [1.82, 2.24) is 9.97 Å². The average molecular weight is 373 g/mol. The Hall–Kier alpha value is -2.08. The van der Waals surface area contributed by atoms with Gasteiger partial charge in [-0.05, 0) is 36.4 Å². The fourth-order valence-electron chi connectivity index (χ4n) is 2.25. The normalized spacial score (nSPS) is 10.9. The third-order valence-corrected chi connectivity index (χ3v) is 5.55. The first-order valence-electron chi connectivity index (χ1n) is 7.12. The minimum Gasteiger partial charge on any atom is -0.233 e. The van der Waals surface area contributed by atoms with Gasteiger partial charge in [-0.3, -0.25) is 0 Å². The van der Waals surface area contributed by atoms with Crippen LogP contribution in [0.4, 0.5) is 4.39 Å². The van der Waals surface area contributed by atoms with Crippen LogP contribution in [-0.4, -0.2) is 9.97 Å². The summed E-state index contributed by atoms with van der Waals surface area (Å²) in [4.78, 5) is 9.29. The Bertz CT molecular complexity index is 893. The summed E-state index contributed by atoms with van der Waals surface area (Å²) in [7, 11) is 0. The van der Waals surface area contributed by atoms with E-state index >= 15 is 0 Å². The van der Waals surface area contributed by atoms with Gasteiger partial charge in [-0.15, -0.1) is 22.7 Å². The van der Waals surface area contributed by atoms with Crippen LogP contribution in [0.25, 0.3) is 32.5 Å². The van der Waals surface area contributed by atoms with Gasteiger partial charge in [0.15, 0.2) is 10.0 Å².